The first-order chi connectivity index (χ1) is 12.0. The lowest BCUT2D eigenvalue weighted by molar-refractivity contribution is 0.0827. The summed E-state index contributed by atoms with van der Waals surface area (Å²) in [7, 11) is 5.46. The minimum absolute atomic E-state index is 0.210. The fourth-order valence-electron chi connectivity index (χ4n) is 2.67. The highest BCUT2D eigenvalue weighted by molar-refractivity contribution is 5.40. The number of phenolic OH excluding ortho intramolecular Hbond substituents is 1. The topological polar surface area (TPSA) is 62.2 Å². The first kappa shape index (κ1) is 19.1. The highest BCUT2D eigenvalue weighted by atomic mass is 16.5. The number of methoxy groups -OCH3 is 1. The summed E-state index contributed by atoms with van der Waals surface area (Å²) < 4.78 is 11.0. The Balaban J connectivity index is 2.02. The van der Waals surface area contributed by atoms with Crippen LogP contribution in [0.5, 0.6) is 17.2 Å². The zero-order valence-corrected chi connectivity index (χ0v) is 15.1. The number of hydrogen-bond acceptors (Lipinski definition) is 5. The average Bonchev–Trinajstić information content (AvgIpc) is 2.58. The molecule has 2 rings (SSSR count). The lowest BCUT2D eigenvalue weighted by Crippen LogP contribution is -2.30. The van der Waals surface area contributed by atoms with Gasteiger partial charge < -0.3 is 24.6 Å². The van der Waals surface area contributed by atoms with Gasteiger partial charge in [-0.3, -0.25) is 0 Å². The number of aromatic hydroxyl groups is 1. The molecule has 1 atom stereocenters. The monoisotopic (exact) mass is 345 g/mol. The molecule has 25 heavy (non-hydrogen) atoms. The van der Waals surface area contributed by atoms with E-state index in [1.54, 1.807) is 25.3 Å². The molecule has 2 aromatic rings. The molecule has 2 aromatic carbocycles. The van der Waals surface area contributed by atoms with Crippen molar-refractivity contribution in [2.45, 2.75) is 18.9 Å². The standard InChI is InChI=1S/C20H27NO4/c1-21(2)13-18(23)14-25-20-10-9-17(22)12-16(20)8-7-15-5-4-6-19(11-15)24-3/h4-6,9-12,18,22-23H,7-8,13-14H2,1-3H3/t18-/m1/s1. The molecule has 0 spiro atoms. The van der Waals surface area contributed by atoms with Crippen LogP contribution in [0.25, 0.3) is 0 Å². The van der Waals surface area contributed by atoms with Gasteiger partial charge in [0.25, 0.3) is 0 Å². The summed E-state index contributed by atoms with van der Waals surface area (Å²) in [5.74, 6) is 1.73. The second-order valence-electron chi connectivity index (χ2n) is 6.37. The molecule has 5 nitrogen and oxygen atoms in total. The van der Waals surface area contributed by atoms with Crippen molar-refractivity contribution in [1.82, 2.24) is 4.90 Å². The SMILES string of the molecule is COc1cccc(CCc2cc(O)ccc2OC[C@H](O)CN(C)C)c1. The Hall–Kier alpha value is -2.24. The number of rotatable bonds is 9. The second kappa shape index (κ2) is 9.30. The molecule has 0 fully saturated rings. The molecule has 2 N–H and O–H groups in total. The van der Waals surface area contributed by atoms with Gasteiger partial charge in [-0.2, -0.15) is 0 Å². The normalized spacial score (nSPS) is 12.2. The molecule has 5 heteroatoms. The van der Waals surface area contributed by atoms with E-state index in [4.69, 9.17) is 9.47 Å². The minimum atomic E-state index is -0.560. The predicted molar refractivity (Wildman–Crippen MR) is 98.6 cm³/mol. The fraction of sp³-hybridized carbons (Fsp3) is 0.400. The van der Waals surface area contributed by atoms with Gasteiger partial charge in [0.1, 0.15) is 30.0 Å². The summed E-state index contributed by atoms with van der Waals surface area (Å²) in [5.41, 5.74) is 2.07. The van der Waals surface area contributed by atoms with Crippen LogP contribution in [0.2, 0.25) is 0 Å². The van der Waals surface area contributed by atoms with Gasteiger partial charge in [0.2, 0.25) is 0 Å². The number of hydrogen-bond donors (Lipinski definition) is 2. The number of aliphatic hydroxyl groups excluding tert-OH is 1. The lowest BCUT2D eigenvalue weighted by Gasteiger charge is -2.18. The van der Waals surface area contributed by atoms with E-state index in [9.17, 15) is 10.2 Å². The molecule has 0 unspecified atom stereocenters. The molecule has 0 heterocycles. The summed E-state index contributed by atoms with van der Waals surface area (Å²) in [4.78, 5) is 1.91. The van der Waals surface area contributed by atoms with Crippen LogP contribution in [-0.4, -0.2) is 55.6 Å². The molecular formula is C20H27NO4. The molecule has 0 saturated heterocycles. The molecule has 0 aliphatic rings. The van der Waals surface area contributed by atoms with Crippen molar-refractivity contribution in [3.05, 3.63) is 53.6 Å². The lowest BCUT2D eigenvalue weighted by atomic mass is 10.0. The van der Waals surface area contributed by atoms with Crippen molar-refractivity contribution in [2.24, 2.45) is 0 Å². The van der Waals surface area contributed by atoms with Crippen molar-refractivity contribution in [1.29, 1.82) is 0 Å². The highest BCUT2D eigenvalue weighted by Crippen LogP contribution is 2.26. The van der Waals surface area contributed by atoms with E-state index in [0.29, 0.717) is 12.3 Å². The number of phenols is 1. The Morgan fingerprint density at radius 1 is 1.08 bits per heavy atom. The van der Waals surface area contributed by atoms with E-state index in [1.165, 1.54) is 0 Å². The molecule has 0 radical (unpaired) electrons. The maximum absolute atomic E-state index is 9.96. The molecule has 0 saturated carbocycles. The number of likely N-dealkylation sites (N-methyl/N-ethyl adjacent to an activating group) is 1. The zero-order valence-electron chi connectivity index (χ0n) is 15.1. The van der Waals surface area contributed by atoms with Gasteiger partial charge in [-0.1, -0.05) is 12.1 Å². The molecule has 0 aromatic heterocycles. The zero-order chi connectivity index (χ0) is 18.2. The van der Waals surface area contributed by atoms with Gasteiger partial charge in [-0.15, -0.1) is 0 Å². The summed E-state index contributed by atoms with van der Waals surface area (Å²) in [6, 6.07) is 13.0. The first-order valence-corrected chi connectivity index (χ1v) is 8.38. The van der Waals surface area contributed by atoms with Crippen LogP contribution >= 0.6 is 0 Å². The van der Waals surface area contributed by atoms with Gasteiger partial charge in [0, 0.05) is 6.54 Å². The first-order valence-electron chi connectivity index (χ1n) is 8.38. The number of ether oxygens (including phenoxy) is 2. The largest absolute Gasteiger partial charge is 0.508 e. The van der Waals surface area contributed by atoms with Gasteiger partial charge >= 0.3 is 0 Å². The Labute approximate surface area is 149 Å². The van der Waals surface area contributed by atoms with E-state index in [2.05, 4.69) is 0 Å². The summed E-state index contributed by atoms with van der Waals surface area (Å²) >= 11 is 0. The van der Waals surface area contributed by atoms with Crippen molar-refractivity contribution < 1.29 is 19.7 Å². The Kier molecular flexibility index (Phi) is 7.10. The Morgan fingerprint density at radius 2 is 1.88 bits per heavy atom. The third kappa shape index (κ3) is 6.29. The minimum Gasteiger partial charge on any atom is -0.508 e. The number of aryl methyl sites for hydroxylation is 2. The smallest absolute Gasteiger partial charge is 0.122 e. The van der Waals surface area contributed by atoms with E-state index in [-0.39, 0.29) is 12.4 Å². The van der Waals surface area contributed by atoms with E-state index in [0.717, 1.165) is 29.7 Å². The summed E-state index contributed by atoms with van der Waals surface area (Å²) in [6.45, 7) is 0.756. The van der Waals surface area contributed by atoms with E-state index in [1.807, 2.05) is 43.3 Å². The second-order valence-corrected chi connectivity index (χ2v) is 6.37. The quantitative estimate of drug-likeness (QED) is 0.731. The van der Waals surface area contributed by atoms with Crippen LogP contribution in [0.4, 0.5) is 0 Å². The van der Waals surface area contributed by atoms with Crippen molar-refractivity contribution >= 4 is 0 Å². The van der Waals surface area contributed by atoms with Crippen molar-refractivity contribution in [3.63, 3.8) is 0 Å². The third-order valence-electron chi connectivity index (χ3n) is 3.87. The number of aliphatic hydroxyl groups is 1. The van der Waals surface area contributed by atoms with Gasteiger partial charge in [-0.05, 0) is 68.4 Å². The van der Waals surface area contributed by atoms with Crippen LogP contribution in [0.3, 0.4) is 0 Å². The molecule has 0 amide bonds. The van der Waals surface area contributed by atoms with Crippen LogP contribution < -0.4 is 9.47 Å². The Bertz CT molecular complexity index is 672. The summed E-state index contributed by atoms with van der Waals surface area (Å²) in [6.07, 6.45) is 0.966. The Morgan fingerprint density at radius 3 is 2.60 bits per heavy atom. The van der Waals surface area contributed by atoms with Gasteiger partial charge in [0.05, 0.1) is 7.11 Å². The fourth-order valence-corrected chi connectivity index (χ4v) is 2.67. The van der Waals surface area contributed by atoms with Crippen LogP contribution in [-0.2, 0) is 12.8 Å². The van der Waals surface area contributed by atoms with Crippen molar-refractivity contribution in [3.8, 4) is 17.2 Å². The highest BCUT2D eigenvalue weighted by Gasteiger charge is 2.10. The molecule has 136 valence electrons. The van der Waals surface area contributed by atoms with Crippen LogP contribution in [0, 0.1) is 0 Å². The maximum Gasteiger partial charge on any atom is 0.122 e. The average molecular weight is 345 g/mol. The molecule has 0 bridgehead atoms. The molecule has 0 aliphatic heterocycles. The molecular weight excluding hydrogens is 318 g/mol. The molecule has 0 aliphatic carbocycles. The van der Waals surface area contributed by atoms with E-state index < -0.39 is 6.10 Å². The number of benzene rings is 2. The van der Waals surface area contributed by atoms with Crippen LogP contribution in [0.1, 0.15) is 11.1 Å². The van der Waals surface area contributed by atoms with Crippen molar-refractivity contribution in [2.75, 3.05) is 34.4 Å². The maximum atomic E-state index is 9.96. The van der Waals surface area contributed by atoms with Gasteiger partial charge in [-0.25, -0.2) is 0 Å². The van der Waals surface area contributed by atoms with Gasteiger partial charge in [0.15, 0.2) is 0 Å². The van der Waals surface area contributed by atoms with E-state index >= 15 is 0 Å². The third-order valence-corrected chi connectivity index (χ3v) is 3.87. The number of nitrogens with zero attached hydrogens (tertiary/aromatic N) is 1. The summed E-state index contributed by atoms with van der Waals surface area (Å²) in [5, 5.41) is 19.7. The van der Waals surface area contributed by atoms with Crippen LogP contribution in [0.15, 0.2) is 42.5 Å². The predicted octanol–water partition coefficient (Wildman–Crippen LogP) is 2.49.